The van der Waals surface area contributed by atoms with Gasteiger partial charge in [0.1, 0.15) is 11.6 Å². The van der Waals surface area contributed by atoms with E-state index in [1.54, 1.807) is 0 Å². The van der Waals surface area contributed by atoms with Crippen LogP contribution >= 0.6 is 0 Å². The molecule has 0 spiro atoms. The number of anilines is 1. The average molecular weight is 375 g/mol. The molecule has 1 aromatic carbocycles. The van der Waals surface area contributed by atoms with Crippen molar-refractivity contribution in [1.29, 1.82) is 0 Å². The van der Waals surface area contributed by atoms with Crippen LogP contribution in [-0.2, 0) is 0 Å². The SMILES string of the molecule is C=C(N)/C(F)=C/CCCCCNC(=O)Nc1ccc(OC(F)(F)F)cc1. The molecule has 4 N–H and O–H groups in total. The number of amides is 2. The maximum absolute atomic E-state index is 13.0. The van der Waals surface area contributed by atoms with Crippen LogP contribution in [0.1, 0.15) is 25.7 Å². The first-order valence-corrected chi connectivity index (χ1v) is 7.88. The van der Waals surface area contributed by atoms with Crippen LogP contribution in [0, 0.1) is 0 Å². The largest absolute Gasteiger partial charge is 0.573 e. The molecule has 1 aromatic rings. The number of ether oxygens (including phenoxy) is 1. The van der Waals surface area contributed by atoms with Crippen LogP contribution in [0.15, 0.2) is 48.4 Å². The quantitative estimate of drug-likeness (QED) is 0.336. The number of allylic oxidation sites excluding steroid dienone is 2. The van der Waals surface area contributed by atoms with Gasteiger partial charge in [0, 0.05) is 12.2 Å². The molecule has 5 nitrogen and oxygen atoms in total. The topological polar surface area (TPSA) is 76.4 Å². The van der Waals surface area contributed by atoms with Crippen LogP contribution in [0.2, 0.25) is 0 Å². The van der Waals surface area contributed by atoms with Gasteiger partial charge in [0.15, 0.2) is 0 Å². The van der Waals surface area contributed by atoms with E-state index in [4.69, 9.17) is 5.73 Å². The van der Waals surface area contributed by atoms with Crippen LogP contribution < -0.4 is 21.1 Å². The summed E-state index contributed by atoms with van der Waals surface area (Å²) < 4.78 is 52.9. The predicted octanol–water partition coefficient (Wildman–Crippen LogP) is 4.59. The van der Waals surface area contributed by atoms with E-state index in [0.29, 0.717) is 25.1 Å². The molecule has 0 aromatic heterocycles. The van der Waals surface area contributed by atoms with Crippen molar-refractivity contribution in [2.45, 2.75) is 32.0 Å². The van der Waals surface area contributed by atoms with Crippen molar-refractivity contribution in [1.82, 2.24) is 5.32 Å². The number of urea groups is 1. The van der Waals surface area contributed by atoms with E-state index in [2.05, 4.69) is 21.9 Å². The van der Waals surface area contributed by atoms with Crippen LogP contribution in [-0.4, -0.2) is 18.9 Å². The van der Waals surface area contributed by atoms with E-state index < -0.39 is 18.2 Å². The Balaban J connectivity index is 2.20. The van der Waals surface area contributed by atoms with Gasteiger partial charge in [0.05, 0.1) is 5.70 Å². The van der Waals surface area contributed by atoms with Crippen molar-refractivity contribution >= 4 is 11.7 Å². The molecule has 0 bridgehead atoms. The molecule has 0 saturated heterocycles. The van der Waals surface area contributed by atoms with Crippen LogP contribution in [0.25, 0.3) is 0 Å². The van der Waals surface area contributed by atoms with E-state index in [9.17, 15) is 22.4 Å². The first-order chi connectivity index (χ1) is 12.2. The van der Waals surface area contributed by atoms with Gasteiger partial charge < -0.3 is 21.1 Å². The van der Waals surface area contributed by atoms with Crippen LogP contribution in [0.5, 0.6) is 5.75 Å². The Morgan fingerprint density at radius 2 is 1.85 bits per heavy atom. The van der Waals surface area contributed by atoms with Gasteiger partial charge in [-0.2, -0.15) is 0 Å². The molecule has 0 aliphatic heterocycles. The number of hydrogen-bond acceptors (Lipinski definition) is 3. The van der Waals surface area contributed by atoms with Crippen molar-refractivity contribution in [2.24, 2.45) is 5.73 Å². The van der Waals surface area contributed by atoms with Gasteiger partial charge in [-0.3, -0.25) is 0 Å². The average Bonchev–Trinajstić information content (AvgIpc) is 2.54. The summed E-state index contributed by atoms with van der Waals surface area (Å²) in [6, 6.07) is 4.33. The summed E-state index contributed by atoms with van der Waals surface area (Å²) in [5.41, 5.74) is 5.42. The molecular formula is C17H21F4N3O2. The third-order valence-electron chi connectivity index (χ3n) is 3.14. The van der Waals surface area contributed by atoms with Gasteiger partial charge in [-0.05, 0) is 49.6 Å². The smallest absolute Gasteiger partial charge is 0.406 e. The van der Waals surface area contributed by atoms with Crippen LogP contribution in [0.3, 0.4) is 0 Å². The Hall–Kier alpha value is -2.71. The van der Waals surface area contributed by atoms with Gasteiger partial charge in [0.2, 0.25) is 0 Å². The zero-order valence-corrected chi connectivity index (χ0v) is 14.0. The van der Waals surface area contributed by atoms with E-state index in [1.165, 1.54) is 18.2 Å². The van der Waals surface area contributed by atoms with Gasteiger partial charge in [0.25, 0.3) is 0 Å². The fraction of sp³-hybridized carbons (Fsp3) is 0.353. The third kappa shape index (κ3) is 9.55. The monoisotopic (exact) mass is 375 g/mol. The Morgan fingerprint density at radius 1 is 1.19 bits per heavy atom. The molecule has 1 rings (SSSR count). The lowest BCUT2D eigenvalue weighted by molar-refractivity contribution is -0.274. The molecule has 0 radical (unpaired) electrons. The summed E-state index contributed by atoms with van der Waals surface area (Å²) in [6.07, 6.45) is -0.637. The second-order valence-corrected chi connectivity index (χ2v) is 5.38. The molecule has 2 amide bonds. The molecule has 0 unspecified atom stereocenters. The molecular weight excluding hydrogens is 354 g/mol. The number of halogens is 4. The van der Waals surface area contributed by atoms with Crippen molar-refractivity contribution in [3.05, 3.63) is 48.4 Å². The fourth-order valence-electron chi connectivity index (χ4n) is 1.92. The maximum atomic E-state index is 13.0. The van der Waals surface area contributed by atoms with Crippen LogP contribution in [0.4, 0.5) is 28.0 Å². The van der Waals surface area contributed by atoms with Crippen molar-refractivity contribution in [3.8, 4) is 5.75 Å². The highest BCUT2D eigenvalue weighted by Crippen LogP contribution is 2.23. The van der Waals surface area contributed by atoms with Gasteiger partial charge in [-0.15, -0.1) is 13.2 Å². The van der Waals surface area contributed by atoms with E-state index in [0.717, 1.165) is 25.0 Å². The molecule has 0 atom stereocenters. The van der Waals surface area contributed by atoms with E-state index in [-0.39, 0.29) is 11.4 Å². The lowest BCUT2D eigenvalue weighted by atomic mass is 10.2. The number of alkyl halides is 3. The summed E-state index contributed by atoms with van der Waals surface area (Å²) in [4.78, 5) is 11.7. The van der Waals surface area contributed by atoms with E-state index >= 15 is 0 Å². The predicted molar refractivity (Wildman–Crippen MR) is 91.1 cm³/mol. The Kier molecular flexibility index (Phi) is 8.47. The Morgan fingerprint density at radius 3 is 2.42 bits per heavy atom. The number of nitrogens with two attached hydrogens (primary N) is 1. The summed E-state index contributed by atoms with van der Waals surface area (Å²) in [5.74, 6) is -0.888. The fourth-order valence-corrected chi connectivity index (χ4v) is 1.92. The standard InChI is InChI=1S/C17H21F4N3O2/c1-12(22)15(18)6-4-2-3-5-11-23-16(25)24-13-7-9-14(10-8-13)26-17(19,20)21/h6-10H,1-5,11,22H2,(H2,23,24,25)/b15-6-. The molecule has 144 valence electrons. The number of hydrogen-bond donors (Lipinski definition) is 3. The Bertz CT molecular complexity index is 628. The minimum atomic E-state index is -4.76. The van der Waals surface area contributed by atoms with Gasteiger partial charge in [-0.1, -0.05) is 13.0 Å². The first-order valence-electron chi connectivity index (χ1n) is 7.88. The zero-order chi connectivity index (χ0) is 19.6. The van der Waals surface area contributed by atoms with Crippen molar-refractivity contribution in [3.63, 3.8) is 0 Å². The summed E-state index contributed by atoms with van der Waals surface area (Å²) in [5, 5.41) is 5.11. The number of carbonyl (C=O) groups is 1. The Labute approximate surface area is 148 Å². The highest BCUT2D eigenvalue weighted by Gasteiger charge is 2.30. The third-order valence-corrected chi connectivity index (χ3v) is 3.14. The lowest BCUT2D eigenvalue weighted by Crippen LogP contribution is -2.29. The second kappa shape index (κ2) is 10.3. The minimum Gasteiger partial charge on any atom is -0.406 e. The highest BCUT2D eigenvalue weighted by molar-refractivity contribution is 5.89. The van der Waals surface area contributed by atoms with Gasteiger partial charge >= 0.3 is 12.4 Å². The minimum absolute atomic E-state index is 0.0960. The first kappa shape index (κ1) is 21.3. The summed E-state index contributed by atoms with van der Waals surface area (Å²) in [7, 11) is 0. The zero-order valence-electron chi connectivity index (χ0n) is 14.0. The summed E-state index contributed by atoms with van der Waals surface area (Å²) >= 11 is 0. The normalized spacial score (nSPS) is 11.8. The number of nitrogens with one attached hydrogen (secondary N) is 2. The highest BCUT2D eigenvalue weighted by atomic mass is 19.4. The van der Waals surface area contributed by atoms with Crippen molar-refractivity contribution in [2.75, 3.05) is 11.9 Å². The molecule has 0 fully saturated rings. The number of carbonyl (C=O) groups excluding carboxylic acids is 1. The number of benzene rings is 1. The molecule has 26 heavy (non-hydrogen) atoms. The number of unbranched alkanes of at least 4 members (excludes halogenated alkanes) is 3. The lowest BCUT2D eigenvalue weighted by Gasteiger charge is -2.10. The maximum Gasteiger partial charge on any atom is 0.573 e. The van der Waals surface area contributed by atoms with E-state index in [1.807, 2.05) is 0 Å². The van der Waals surface area contributed by atoms with Gasteiger partial charge in [-0.25, -0.2) is 9.18 Å². The molecule has 0 heterocycles. The molecule has 0 aliphatic rings. The summed E-state index contributed by atoms with van der Waals surface area (Å²) in [6.45, 7) is 3.69. The van der Waals surface area contributed by atoms with Crippen molar-refractivity contribution < 1.29 is 27.1 Å². The molecule has 9 heteroatoms. The second-order valence-electron chi connectivity index (χ2n) is 5.38. The molecule has 0 aliphatic carbocycles. The molecule has 0 saturated carbocycles. The number of rotatable bonds is 9.